The molecule has 0 amide bonds. The molecule has 0 saturated carbocycles. The van der Waals surface area contributed by atoms with E-state index in [0.717, 1.165) is 6.42 Å². The first kappa shape index (κ1) is 16.2. The second-order valence-corrected chi connectivity index (χ2v) is 6.22. The predicted octanol–water partition coefficient (Wildman–Crippen LogP) is 5.37. The van der Waals surface area contributed by atoms with Crippen LogP contribution in [0.1, 0.15) is 29.3 Å². The van der Waals surface area contributed by atoms with Crippen LogP contribution in [0.5, 0.6) is 5.75 Å². The highest BCUT2D eigenvalue weighted by Crippen LogP contribution is 2.28. The molecule has 0 radical (unpaired) electrons. The molecule has 0 bridgehead atoms. The van der Waals surface area contributed by atoms with Gasteiger partial charge in [-0.15, -0.1) is 0 Å². The third-order valence-electron chi connectivity index (χ3n) is 2.83. The Labute approximate surface area is 139 Å². The third kappa shape index (κ3) is 3.92. The number of hydrogen-bond donors (Lipinski definition) is 0. The van der Waals surface area contributed by atoms with Gasteiger partial charge in [0.2, 0.25) is 0 Å². The standard InChI is InChI=1S/C16H13Br2FO2/c1-2-7-21-15-6-3-10(8-13(15)18)16(20)12-9-11(17)4-5-14(12)19/h3-6,8-9H,2,7H2,1H3. The fraction of sp³-hybridized carbons (Fsp3) is 0.188. The average Bonchev–Trinajstić information content (AvgIpc) is 2.47. The minimum absolute atomic E-state index is 0.0403. The van der Waals surface area contributed by atoms with E-state index in [4.69, 9.17) is 4.74 Å². The molecular weight excluding hydrogens is 403 g/mol. The lowest BCUT2D eigenvalue weighted by molar-refractivity contribution is 0.103. The van der Waals surface area contributed by atoms with Crippen molar-refractivity contribution in [1.29, 1.82) is 0 Å². The van der Waals surface area contributed by atoms with E-state index in [9.17, 15) is 9.18 Å². The van der Waals surface area contributed by atoms with Crippen LogP contribution in [0.4, 0.5) is 4.39 Å². The zero-order valence-corrected chi connectivity index (χ0v) is 14.5. The summed E-state index contributed by atoms with van der Waals surface area (Å²) in [6.07, 6.45) is 0.899. The fourth-order valence-electron chi connectivity index (χ4n) is 1.80. The van der Waals surface area contributed by atoms with E-state index in [2.05, 4.69) is 31.9 Å². The molecule has 0 aliphatic rings. The molecule has 0 spiro atoms. The van der Waals surface area contributed by atoms with Crippen molar-refractivity contribution in [3.05, 3.63) is 62.3 Å². The van der Waals surface area contributed by atoms with Gasteiger partial charge in [0.15, 0.2) is 5.78 Å². The first-order valence-corrected chi connectivity index (χ1v) is 8.03. The van der Waals surface area contributed by atoms with Crippen molar-refractivity contribution in [3.8, 4) is 5.75 Å². The van der Waals surface area contributed by atoms with Gasteiger partial charge in [-0.05, 0) is 58.7 Å². The maximum atomic E-state index is 13.8. The van der Waals surface area contributed by atoms with Crippen LogP contribution in [-0.4, -0.2) is 12.4 Å². The third-order valence-corrected chi connectivity index (χ3v) is 3.94. The molecule has 0 heterocycles. The van der Waals surface area contributed by atoms with Crippen molar-refractivity contribution >= 4 is 37.6 Å². The molecule has 0 aliphatic heterocycles. The summed E-state index contributed by atoms with van der Waals surface area (Å²) < 4.78 is 20.6. The van der Waals surface area contributed by atoms with Crippen LogP contribution in [0, 0.1) is 5.82 Å². The maximum absolute atomic E-state index is 13.8. The normalized spacial score (nSPS) is 10.5. The number of benzene rings is 2. The van der Waals surface area contributed by atoms with Crippen molar-refractivity contribution < 1.29 is 13.9 Å². The zero-order chi connectivity index (χ0) is 15.4. The Morgan fingerprint density at radius 3 is 2.62 bits per heavy atom. The van der Waals surface area contributed by atoms with Gasteiger partial charge in [-0.25, -0.2) is 4.39 Å². The van der Waals surface area contributed by atoms with Gasteiger partial charge in [-0.3, -0.25) is 4.79 Å². The van der Waals surface area contributed by atoms with Crippen LogP contribution < -0.4 is 4.74 Å². The summed E-state index contributed by atoms with van der Waals surface area (Å²) in [5.41, 5.74) is 0.446. The molecule has 2 aromatic rings. The van der Waals surface area contributed by atoms with Gasteiger partial charge < -0.3 is 4.74 Å². The Bertz CT molecular complexity index is 671. The Balaban J connectivity index is 2.31. The quantitative estimate of drug-likeness (QED) is 0.613. The lowest BCUT2D eigenvalue weighted by Crippen LogP contribution is -2.05. The lowest BCUT2D eigenvalue weighted by atomic mass is 10.0. The zero-order valence-electron chi connectivity index (χ0n) is 11.3. The largest absolute Gasteiger partial charge is 0.492 e. The van der Waals surface area contributed by atoms with Gasteiger partial charge in [-0.1, -0.05) is 22.9 Å². The maximum Gasteiger partial charge on any atom is 0.196 e. The number of ether oxygens (including phenoxy) is 1. The van der Waals surface area contributed by atoms with Crippen LogP contribution in [0.2, 0.25) is 0 Å². The topological polar surface area (TPSA) is 26.3 Å². The average molecular weight is 416 g/mol. The molecule has 2 rings (SSSR count). The van der Waals surface area contributed by atoms with E-state index in [1.165, 1.54) is 12.1 Å². The van der Waals surface area contributed by atoms with Crippen LogP contribution in [-0.2, 0) is 0 Å². The summed E-state index contributed by atoms with van der Waals surface area (Å²) in [7, 11) is 0. The molecule has 2 nitrogen and oxygen atoms in total. The van der Waals surface area contributed by atoms with Gasteiger partial charge in [0.25, 0.3) is 0 Å². The first-order valence-electron chi connectivity index (χ1n) is 6.45. The minimum Gasteiger partial charge on any atom is -0.492 e. The summed E-state index contributed by atoms with van der Waals surface area (Å²) in [4.78, 5) is 12.4. The second-order valence-electron chi connectivity index (χ2n) is 4.45. The van der Waals surface area contributed by atoms with E-state index in [0.29, 0.717) is 26.9 Å². The van der Waals surface area contributed by atoms with E-state index >= 15 is 0 Å². The molecule has 2 aromatic carbocycles. The number of rotatable bonds is 5. The highest BCUT2D eigenvalue weighted by atomic mass is 79.9. The van der Waals surface area contributed by atoms with Crippen LogP contribution in [0.3, 0.4) is 0 Å². The van der Waals surface area contributed by atoms with Gasteiger partial charge >= 0.3 is 0 Å². The number of carbonyl (C=O) groups excluding carboxylic acids is 1. The van der Waals surface area contributed by atoms with E-state index < -0.39 is 5.82 Å². The lowest BCUT2D eigenvalue weighted by Gasteiger charge is -2.09. The van der Waals surface area contributed by atoms with Gasteiger partial charge in [-0.2, -0.15) is 0 Å². The molecule has 5 heteroatoms. The van der Waals surface area contributed by atoms with E-state index in [1.807, 2.05) is 6.92 Å². The number of ketones is 1. The van der Waals surface area contributed by atoms with Crippen molar-refractivity contribution in [2.75, 3.05) is 6.61 Å². The Morgan fingerprint density at radius 2 is 1.95 bits per heavy atom. The highest BCUT2D eigenvalue weighted by Gasteiger charge is 2.16. The van der Waals surface area contributed by atoms with Crippen molar-refractivity contribution in [2.24, 2.45) is 0 Å². The molecule has 0 aliphatic carbocycles. The molecule has 0 atom stereocenters. The monoisotopic (exact) mass is 414 g/mol. The Kier molecular flexibility index (Phi) is 5.53. The van der Waals surface area contributed by atoms with Gasteiger partial charge in [0.05, 0.1) is 16.6 Å². The summed E-state index contributed by atoms with van der Waals surface area (Å²) in [6.45, 7) is 2.62. The molecular formula is C16H13Br2FO2. The van der Waals surface area contributed by atoms with Crippen molar-refractivity contribution in [3.63, 3.8) is 0 Å². The Morgan fingerprint density at radius 1 is 1.19 bits per heavy atom. The Hall–Kier alpha value is -1.20. The van der Waals surface area contributed by atoms with Crippen LogP contribution in [0.25, 0.3) is 0 Å². The van der Waals surface area contributed by atoms with Gasteiger partial charge in [0.1, 0.15) is 11.6 Å². The van der Waals surface area contributed by atoms with Crippen molar-refractivity contribution in [1.82, 2.24) is 0 Å². The van der Waals surface area contributed by atoms with Crippen LogP contribution >= 0.6 is 31.9 Å². The summed E-state index contributed by atoms with van der Waals surface area (Å²) in [6, 6.07) is 9.30. The van der Waals surface area contributed by atoms with E-state index in [-0.39, 0.29) is 11.3 Å². The van der Waals surface area contributed by atoms with E-state index in [1.54, 1.807) is 24.3 Å². The first-order chi connectivity index (χ1) is 10.0. The molecule has 110 valence electrons. The minimum atomic E-state index is -0.536. The smallest absolute Gasteiger partial charge is 0.196 e. The molecule has 0 saturated heterocycles. The number of halogens is 3. The van der Waals surface area contributed by atoms with Gasteiger partial charge in [0, 0.05) is 10.0 Å². The van der Waals surface area contributed by atoms with Crippen LogP contribution in [0.15, 0.2) is 45.3 Å². The molecule has 0 N–H and O–H groups in total. The number of carbonyl (C=O) groups is 1. The SMILES string of the molecule is CCCOc1ccc(C(=O)c2cc(Br)ccc2F)cc1Br. The van der Waals surface area contributed by atoms with Crippen molar-refractivity contribution in [2.45, 2.75) is 13.3 Å². The molecule has 0 fully saturated rings. The second kappa shape index (κ2) is 7.18. The number of hydrogen-bond acceptors (Lipinski definition) is 2. The summed E-state index contributed by atoms with van der Waals surface area (Å²) >= 11 is 6.61. The highest BCUT2D eigenvalue weighted by molar-refractivity contribution is 9.10. The fourth-order valence-corrected chi connectivity index (χ4v) is 2.65. The molecule has 0 unspecified atom stereocenters. The molecule has 21 heavy (non-hydrogen) atoms. The predicted molar refractivity (Wildman–Crippen MR) is 87.5 cm³/mol. The summed E-state index contributed by atoms with van der Waals surface area (Å²) in [5, 5.41) is 0. The molecule has 0 aromatic heterocycles. The summed E-state index contributed by atoms with van der Waals surface area (Å²) in [5.74, 6) is -0.231.